The van der Waals surface area contributed by atoms with Gasteiger partial charge in [0.2, 0.25) is 5.78 Å². The molecule has 2 aromatic carbocycles. The molecular weight excluding hydrogens is 332 g/mol. The molecule has 126 valence electrons. The molecule has 0 unspecified atom stereocenters. The largest absolute Gasteiger partial charge is 0.359 e. The zero-order valence-corrected chi connectivity index (χ0v) is 14.5. The second kappa shape index (κ2) is 7.77. The SMILES string of the molecule is Cc1cccc(N[C@@H](NC(=O)c2cccs2)C(=O)c2ccccc2)c1. The Labute approximate surface area is 150 Å². The van der Waals surface area contributed by atoms with Crippen LogP contribution in [0.2, 0.25) is 0 Å². The van der Waals surface area contributed by atoms with Crippen LogP contribution in [0.15, 0.2) is 72.1 Å². The van der Waals surface area contributed by atoms with Crippen molar-refractivity contribution in [3.05, 3.63) is 88.1 Å². The number of thiophene rings is 1. The highest BCUT2D eigenvalue weighted by atomic mass is 32.1. The zero-order chi connectivity index (χ0) is 17.6. The second-order valence-corrected chi connectivity index (χ2v) is 6.58. The van der Waals surface area contributed by atoms with E-state index in [0.29, 0.717) is 10.4 Å². The molecule has 1 aromatic heterocycles. The maximum absolute atomic E-state index is 12.9. The molecule has 0 aliphatic rings. The normalized spacial score (nSPS) is 11.6. The van der Waals surface area contributed by atoms with E-state index in [9.17, 15) is 9.59 Å². The Bertz CT molecular complexity index is 860. The third-order valence-electron chi connectivity index (χ3n) is 3.67. The standard InChI is InChI=1S/C20H18N2O2S/c1-14-7-5-10-16(13-14)21-19(18(23)15-8-3-2-4-9-15)22-20(24)17-11-6-12-25-17/h2-13,19,21H,1H3,(H,22,24)/t19-/m0/s1. The summed E-state index contributed by atoms with van der Waals surface area (Å²) in [4.78, 5) is 25.8. The van der Waals surface area contributed by atoms with Crippen molar-refractivity contribution in [3.8, 4) is 0 Å². The quantitative estimate of drug-likeness (QED) is 0.520. The molecule has 0 radical (unpaired) electrons. The summed E-state index contributed by atoms with van der Waals surface area (Å²) in [6, 6.07) is 20.2. The van der Waals surface area contributed by atoms with Crippen molar-refractivity contribution in [3.63, 3.8) is 0 Å². The summed E-state index contributed by atoms with van der Waals surface area (Å²) in [5.74, 6) is -0.462. The Morgan fingerprint density at radius 3 is 2.44 bits per heavy atom. The smallest absolute Gasteiger partial charge is 0.263 e. The number of amides is 1. The van der Waals surface area contributed by atoms with Gasteiger partial charge in [-0.05, 0) is 36.1 Å². The van der Waals surface area contributed by atoms with E-state index in [2.05, 4.69) is 10.6 Å². The second-order valence-electron chi connectivity index (χ2n) is 5.63. The number of aryl methyl sites for hydroxylation is 1. The molecule has 25 heavy (non-hydrogen) atoms. The number of hydrogen-bond donors (Lipinski definition) is 2. The van der Waals surface area contributed by atoms with Gasteiger partial charge >= 0.3 is 0 Å². The van der Waals surface area contributed by atoms with E-state index in [1.807, 2.05) is 48.7 Å². The van der Waals surface area contributed by atoms with Crippen LogP contribution in [-0.2, 0) is 0 Å². The molecule has 3 aromatic rings. The number of nitrogens with one attached hydrogen (secondary N) is 2. The molecule has 0 saturated carbocycles. The number of hydrogen-bond acceptors (Lipinski definition) is 4. The number of benzene rings is 2. The van der Waals surface area contributed by atoms with Crippen LogP contribution in [0.3, 0.4) is 0 Å². The van der Waals surface area contributed by atoms with Crippen LogP contribution >= 0.6 is 11.3 Å². The summed E-state index contributed by atoms with van der Waals surface area (Å²) in [5, 5.41) is 7.76. The van der Waals surface area contributed by atoms with Crippen LogP contribution in [0.4, 0.5) is 5.69 Å². The third kappa shape index (κ3) is 4.33. The Hall–Kier alpha value is -2.92. The summed E-state index contributed by atoms with van der Waals surface area (Å²) in [6.45, 7) is 1.98. The van der Waals surface area contributed by atoms with Crippen LogP contribution in [0.1, 0.15) is 25.6 Å². The molecule has 1 atom stereocenters. The van der Waals surface area contributed by atoms with E-state index in [-0.39, 0.29) is 11.7 Å². The minimum atomic E-state index is -0.848. The number of carbonyl (C=O) groups excluding carboxylic acids is 2. The molecule has 4 nitrogen and oxygen atoms in total. The van der Waals surface area contributed by atoms with Gasteiger partial charge in [0.15, 0.2) is 6.17 Å². The Morgan fingerprint density at radius 2 is 1.76 bits per heavy atom. The summed E-state index contributed by atoms with van der Waals surface area (Å²) >= 11 is 1.34. The first kappa shape index (κ1) is 16.9. The van der Waals surface area contributed by atoms with E-state index in [1.165, 1.54) is 11.3 Å². The highest BCUT2D eigenvalue weighted by Gasteiger charge is 2.23. The Morgan fingerprint density at radius 1 is 0.960 bits per heavy atom. The molecule has 0 bridgehead atoms. The van der Waals surface area contributed by atoms with E-state index >= 15 is 0 Å². The fraction of sp³-hybridized carbons (Fsp3) is 0.100. The molecule has 5 heteroatoms. The lowest BCUT2D eigenvalue weighted by molar-refractivity contribution is 0.0872. The maximum Gasteiger partial charge on any atom is 0.263 e. The van der Waals surface area contributed by atoms with Crippen molar-refractivity contribution in [1.29, 1.82) is 0 Å². The van der Waals surface area contributed by atoms with Gasteiger partial charge in [0, 0.05) is 11.3 Å². The summed E-state index contributed by atoms with van der Waals surface area (Å²) in [7, 11) is 0. The van der Waals surface area contributed by atoms with Gasteiger partial charge < -0.3 is 10.6 Å². The van der Waals surface area contributed by atoms with E-state index in [0.717, 1.165) is 11.3 Å². The third-order valence-corrected chi connectivity index (χ3v) is 4.54. The highest BCUT2D eigenvalue weighted by Crippen LogP contribution is 2.14. The van der Waals surface area contributed by atoms with Crippen molar-refractivity contribution >= 4 is 28.7 Å². The molecule has 1 heterocycles. The monoisotopic (exact) mass is 350 g/mol. The molecule has 1 amide bonds. The molecule has 0 aliphatic carbocycles. The molecule has 0 spiro atoms. The van der Waals surface area contributed by atoms with Crippen molar-refractivity contribution in [2.24, 2.45) is 0 Å². The highest BCUT2D eigenvalue weighted by molar-refractivity contribution is 7.12. The topological polar surface area (TPSA) is 58.2 Å². The van der Waals surface area contributed by atoms with Gasteiger partial charge in [0.1, 0.15) is 0 Å². The fourth-order valence-electron chi connectivity index (χ4n) is 2.45. The number of carbonyl (C=O) groups is 2. The molecule has 0 fully saturated rings. The number of ketones is 1. The van der Waals surface area contributed by atoms with Crippen LogP contribution in [0, 0.1) is 6.92 Å². The van der Waals surface area contributed by atoms with E-state index in [4.69, 9.17) is 0 Å². The predicted octanol–water partition coefficient (Wildman–Crippen LogP) is 4.11. The van der Waals surface area contributed by atoms with E-state index < -0.39 is 6.17 Å². The molecule has 2 N–H and O–H groups in total. The number of rotatable bonds is 6. The predicted molar refractivity (Wildman–Crippen MR) is 101 cm³/mol. The lowest BCUT2D eigenvalue weighted by Crippen LogP contribution is -2.46. The van der Waals surface area contributed by atoms with Gasteiger partial charge in [0.25, 0.3) is 5.91 Å². The van der Waals surface area contributed by atoms with Crippen molar-refractivity contribution in [2.45, 2.75) is 13.1 Å². The molecule has 0 saturated heterocycles. The minimum absolute atomic E-state index is 0.188. The first-order chi connectivity index (χ1) is 12.1. The minimum Gasteiger partial charge on any atom is -0.359 e. The fourth-order valence-corrected chi connectivity index (χ4v) is 3.07. The van der Waals surface area contributed by atoms with Crippen molar-refractivity contribution in [2.75, 3.05) is 5.32 Å². The van der Waals surface area contributed by atoms with E-state index in [1.54, 1.807) is 30.3 Å². The average Bonchev–Trinajstić information content (AvgIpc) is 3.16. The molecular formula is C20H18N2O2S. The first-order valence-corrected chi connectivity index (χ1v) is 8.78. The summed E-state index contributed by atoms with van der Waals surface area (Å²) in [5.41, 5.74) is 2.39. The van der Waals surface area contributed by atoms with Gasteiger partial charge in [-0.15, -0.1) is 11.3 Å². The van der Waals surface area contributed by atoms with Gasteiger partial charge in [-0.2, -0.15) is 0 Å². The number of Topliss-reactive ketones (excluding diaryl/α,β-unsaturated/α-hetero) is 1. The molecule has 0 aliphatic heterocycles. The summed E-state index contributed by atoms with van der Waals surface area (Å²) in [6.07, 6.45) is -0.848. The van der Waals surface area contributed by atoms with Gasteiger partial charge in [-0.25, -0.2) is 0 Å². The number of anilines is 1. The van der Waals surface area contributed by atoms with Gasteiger partial charge in [-0.1, -0.05) is 48.5 Å². The Kier molecular flexibility index (Phi) is 5.26. The maximum atomic E-state index is 12.9. The lowest BCUT2D eigenvalue weighted by atomic mass is 10.1. The van der Waals surface area contributed by atoms with Crippen LogP contribution in [-0.4, -0.2) is 17.9 Å². The first-order valence-electron chi connectivity index (χ1n) is 7.90. The summed E-state index contributed by atoms with van der Waals surface area (Å²) < 4.78 is 0. The van der Waals surface area contributed by atoms with Crippen LogP contribution < -0.4 is 10.6 Å². The zero-order valence-electron chi connectivity index (χ0n) is 13.7. The molecule has 3 rings (SSSR count). The lowest BCUT2D eigenvalue weighted by Gasteiger charge is -2.20. The van der Waals surface area contributed by atoms with Crippen LogP contribution in [0.5, 0.6) is 0 Å². The Balaban J connectivity index is 1.85. The van der Waals surface area contributed by atoms with Crippen molar-refractivity contribution in [1.82, 2.24) is 5.32 Å². The average molecular weight is 350 g/mol. The van der Waals surface area contributed by atoms with Crippen molar-refractivity contribution < 1.29 is 9.59 Å². The van der Waals surface area contributed by atoms with Gasteiger partial charge in [-0.3, -0.25) is 9.59 Å². The van der Waals surface area contributed by atoms with Gasteiger partial charge in [0.05, 0.1) is 4.88 Å². The van der Waals surface area contributed by atoms with Crippen LogP contribution in [0.25, 0.3) is 0 Å².